The zero-order valence-electron chi connectivity index (χ0n) is 6.06. The van der Waals surface area contributed by atoms with Gasteiger partial charge in [-0.05, 0) is 6.42 Å². The Balaban J connectivity index is 2.29. The first-order valence-corrected chi connectivity index (χ1v) is 3.52. The molecule has 0 radical (unpaired) electrons. The first-order chi connectivity index (χ1) is 4.97. The van der Waals surface area contributed by atoms with Crippen LogP contribution < -0.4 is 5.73 Å². The van der Waals surface area contributed by atoms with Crippen LogP contribution >= 0.6 is 0 Å². The van der Waals surface area contributed by atoms with Crippen molar-refractivity contribution in [3.8, 4) is 0 Å². The largest absolute Gasteiger partial charge is 0.401 e. The van der Waals surface area contributed by atoms with E-state index in [0.717, 1.165) is 0 Å². The fraction of sp³-hybridized carbons (Fsp3) is 1.00. The van der Waals surface area contributed by atoms with Gasteiger partial charge in [0, 0.05) is 19.1 Å². The monoisotopic (exact) mass is 168 g/mol. The molecular weight excluding hydrogens is 157 g/mol. The third kappa shape index (κ3) is 3.07. The van der Waals surface area contributed by atoms with Gasteiger partial charge in [-0.25, -0.2) is 0 Å². The second kappa shape index (κ2) is 2.98. The zero-order chi connectivity index (χ0) is 8.48. The van der Waals surface area contributed by atoms with Gasteiger partial charge in [-0.2, -0.15) is 13.2 Å². The van der Waals surface area contributed by atoms with Gasteiger partial charge in [0.2, 0.25) is 0 Å². The summed E-state index contributed by atoms with van der Waals surface area (Å²) in [5.74, 6) is 0. The molecule has 11 heavy (non-hydrogen) atoms. The minimum absolute atomic E-state index is 0.0719. The highest BCUT2D eigenvalue weighted by Gasteiger charge is 2.33. The van der Waals surface area contributed by atoms with Crippen molar-refractivity contribution < 1.29 is 13.2 Å². The fourth-order valence-electron chi connectivity index (χ4n) is 1.26. The Kier molecular flexibility index (Phi) is 2.39. The highest BCUT2D eigenvalue weighted by atomic mass is 19.4. The summed E-state index contributed by atoms with van der Waals surface area (Å²) in [6.45, 7) is 0.0287. The maximum Gasteiger partial charge on any atom is 0.401 e. The van der Waals surface area contributed by atoms with Crippen molar-refractivity contribution in [2.24, 2.45) is 5.73 Å². The number of likely N-dealkylation sites (tertiary alicyclic amines) is 1. The second-order valence-electron chi connectivity index (χ2n) is 2.90. The first-order valence-electron chi connectivity index (χ1n) is 3.52. The number of rotatable bonds is 1. The molecule has 1 heterocycles. The van der Waals surface area contributed by atoms with E-state index in [-0.39, 0.29) is 6.04 Å². The van der Waals surface area contributed by atoms with E-state index in [9.17, 15) is 13.2 Å². The molecule has 0 unspecified atom stereocenters. The maximum absolute atomic E-state index is 11.8. The van der Waals surface area contributed by atoms with E-state index in [4.69, 9.17) is 5.73 Å². The number of nitrogens with two attached hydrogens (primary N) is 1. The summed E-state index contributed by atoms with van der Waals surface area (Å²) >= 11 is 0. The van der Waals surface area contributed by atoms with Crippen LogP contribution in [0.1, 0.15) is 6.42 Å². The van der Waals surface area contributed by atoms with Crippen LogP contribution in [-0.4, -0.2) is 36.8 Å². The third-order valence-electron chi connectivity index (χ3n) is 1.71. The fourth-order valence-corrected chi connectivity index (χ4v) is 1.26. The van der Waals surface area contributed by atoms with E-state index in [1.54, 1.807) is 0 Å². The number of hydrogen-bond acceptors (Lipinski definition) is 2. The molecule has 0 aromatic rings. The lowest BCUT2D eigenvalue weighted by Gasteiger charge is -2.16. The first kappa shape index (κ1) is 8.80. The Morgan fingerprint density at radius 3 is 2.45 bits per heavy atom. The molecule has 1 aliphatic heterocycles. The molecule has 0 aromatic carbocycles. The molecule has 1 aliphatic rings. The maximum atomic E-state index is 11.8. The van der Waals surface area contributed by atoms with Crippen LogP contribution in [0.15, 0.2) is 0 Å². The van der Waals surface area contributed by atoms with Crippen molar-refractivity contribution in [3.63, 3.8) is 0 Å². The van der Waals surface area contributed by atoms with Gasteiger partial charge in [0.05, 0.1) is 6.54 Å². The van der Waals surface area contributed by atoms with Gasteiger partial charge in [0.25, 0.3) is 0 Å². The van der Waals surface area contributed by atoms with Crippen LogP contribution in [0.4, 0.5) is 13.2 Å². The number of halogens is 3. The number of nitrogens with zero attached hydrogens (tertiary/aromatic N) is 1. The molecule has 0 bridgehead atoms. The van der Waals surface area contributed by atoms with Crippen LogP contribution in [0.5, 0.6) is 0 Å². The topological polar surface area (TPSA) is 29.3 Å². The average Bonchev–Trinajstić information content (AvgIpc) is 2.10. The van der Waals surface area contributed by atoms with Gasteiger partial charge in [0.1, 0.15) is 0 Å². The van der Waals surface area contributed by atoms with E-state index in [0.29, 0.717) is 19.5 Å². The Morgan fingerprint density at radius 1 is 1.45 bits per heavy atom. The number of alkyl halides is 3. The molecule has 1 atom stereocenters. The minimum atomic E-state index is -4.08. The van der Waals surface area contributed by atoms with Crippen molar-refractivity contribution >= 4 is 0 Å². The van der Waals surface area contributed by atoms with Gasteiger partial charge in [-0.15, -0.1) is 0 Å². The van der Waals surface area contributed by atoms with Crippen molar-refractivity contribution in [1.82, 2.24) is 4.90 Å². The van der Waals surface area contributed by atoms with Crippen LogP contribution in [-0.2, 0) is 0 Å². The summed E-state index contributed by atoms with van der Waals surface area (Å²) in [5.41, 5.74) is 5.43. The third-order valence-corrected chi connectivity index (χ3v) is 1.71. The van der Waals surface area contributed by atoms with Crippen LogP contribution in [0, 0.1) is 0 Å². The molecule has 0 aliphatic carbocycles. The van der Waals surface area contributed by atoms with Crippen LogP contribution in [0.25, 0.3) is 0 Å². The molecule has 2 nitrogen and oxygen atoms in total. The lowest BCUT2D eigenvalue weighted by Crippen LogP contribution is -2.34. The average molecular weight is 168 g/mol. The molecule has 0 saturated carbocycles. The van der Waals surface area contributed by atoms with Gasteiger partial charge in [0.15, 0.2) is 0 Å². The van der Waals surface area contributed by atoms with E-state index >= 15 is 0 Å². The molecule has 1 saturated heterocycles. The smallest absolute Gasteiger partial charge is 0.326 e. The van der Waals surface area contributed by atoms with Gasteiger partial charge >= 0.3 is 6.18 Å². The van der Waals surface area contributed by atoms with Crippen molar-refractivity contribution in [1.29, 1.82) is 0 Å². The lowest BCUT2D eigenvalue weighted by molar-refractivity contribution is -0.143. The minimum Gasteiger partial charge on any atom is -0.326 e. The Labute approximate surface area is 63.2 Å². The standard InChI is InChI=1S/C6H11F3N2/c7-6(8,9)4-11-2-1-5(10)3-11/h5H,1-4,10H2/t5-/m1/s1. The summed E-state index contributed by atoms with van der Waals surface area (Å²) in [5, 5.41) is 0. The van der Waals surface area contributed by atoms with Crippen molar-refractivity contribution in [2.45, 2.75) is 18.6 Å². The predicted molar refractivity (Wildman–Crippen MR) is 35.1 cm³/mol. The quantitative estimate of drug-likeness (QED) is 0.620. The Hall–Kier alpha value is -0.290. The summed E-state index contributed by atoms with van der Waals surface area (Å²) < 4.78 is 35.3. The van der Waals surface area contributed by atoms with E-state index < -0.39 is 12.7 Å². The van der Waals surface area contributed by atoms with Crippen LogP contribution in [0.2, 0.25) is 0 Å². The molecule has 0 aromatic heterocycles. The summed E-state index contributed by atoms with van der Waals surface area (Å²) in [4.78, 5) is 1.34. The lowest BCUT2D eigenvalue weighted by atomic mass is 10.3. The molecule has 0 amide bonds. The second-order valence-corrected chi connectivity index (χ2v) is 2.90. The molecule has 66 valence electrons. The zero-order valence-corrected chi connectivity index (χ0v) is 6.06. The van der Waals surface area contributed by atoms with E-state index in [2.05, 4.69) is 0 Å². The predicted octanol–water partition coefficient (Wildman–Crippen LogP) is 0.582. The molecule has 1 rings (SSSR count). The normalized spacial score (nSPS) is 27.8. The van der Waals surface area contributed by atoms with E-state index in [1.807, 2.05) is 0 Å². The molecule has 0 spiro atoms. The molecule has 1 fully saturated rings. The van der Waals surface area contributed by atoms with Gasteiger partial charge in [-0.1, -0.05) is 0 Å². The summed E-state index contributed by atoms with van der Waals surface area (Å²) in [6, 6.07) is -0.0719. The van der Waals surface area contributed by atoms with Crippen molar-refractivity contribution in [2.75, 3.05) is 19.6 Å². The Bertz CT molecular complexity index is 134. The van der Waals surface area contributed by atoms with E-state index in [1.165, 1.54) is 4.90 Å². The van der Waals surface area contributed by atoms with Gasteiger partial charge in [-0.3, -0.25) is 4.90 Å². The SMILES string of the molecule is N[C@@H]1CCN(CC(F)(F)F)C1. The van der Waals surface area contributed by atoms with Crippen LogP contribution in [0.3, 0.4) is 0 Å². The highest BCUT2D eigenvalue weighted by Crippen LogP contribution is 2.19. The molecule has 5 heteroatoms. The van der Waals surface area contributed by atoms with Gasteiger partial charge < -0.3 is 5.73 Å². The molecule has 2 N–H and O–H groups in total. The summed E-state index contributed by atoms with van der Waals surface area (Å²) in [6.07, 6.45) is -3.40. The Morgan fingerprint density at radius 2 is 2.09 bits per heavy atom. The highest BCUT2D eigenvalue weighted by molar-refractivity contribution is 4.78. The summed E-state index contributed by atoms with van der Waals surface area (Å²) in [7, 11) is 0. The molecular formula is C6H11F3N2. The number of hydrogen-bond donors (Lipinski definition) is 1. The van der Waals surface area contributed by atoms with Crippen molar-refractivity contribution in [3.05, 3.63) is 0 Å².